The highest BCUT2D eigenvalue weighted by Gasteiger charge is 2.42. The van der Waals surface area contributed by atoms with Crippen molar-refractivity contribution in [2.24, 2.45) is 11.8 Å². The van der Waals surface area contributed by atoms with Gasteiger partial charge in [-0.25, -0.2) is 0 Å². The monoisotopic (exact) mass is 264 g/mol. The van der Waals surface area contributed by atoms with Gasteiger partial charge < -0.3 is 5.32 Å². The Kier molecular flexibility index (Phi) is 4.48. The molecule has 0 amide bonds. The van der Waals surface area contributed by atoms with Crippen LogP contribution in [0.2, 0.25) is 0 Å². The summed E-state index contributed by atoms with van der Waals surface area (Å²) in [6, 6.07) is 2.52. The lowest BCUT2D eigenvalue weighted by Crippen LogP contribution is -2.57. The van der Waals surface area contributed by atoms with Crippen LogP contribution in [0.3, 0.4) is 0 Å². The second-order valence-corrected chi connectivity index (χ2v) is 7.19. The molecule has 5 unspecified atom stereocenters. The molecule has 2 heteroatoms. The lowest BCUT2D eigenvalue weighted by molar-refractivity contribution is 0.0210. The third kappa shape index (κ3) is 2.71. The molecule has 1 heterocycles. The van der Waals surface area contributed by atoms with Gasteiger partial charge in [0.2, 0.25) is 0 Å². The molecular weight excluding hydrogens is 232 g/mol. The Labute approximate surface area is 119 Å². The van der Waals surface area contributed by atoms with Crippen LogP contribution >= 0.6 is 0 Å². The van der Waals surface area contributed by atoms with Gasteiger partial charge in [0.15, 0.2) is 0 Å². The van der Waals surface area contributed by atoms with Crippen molar-refractivity contribution in [1.82, 2.24) is 10.2 Å². The fourth-order valence-corrected chi connectivity index (χ4v) is 5.21. The molecule has 0 bridgehead atoms. The molecule has 5 atom stereocenters. The Morgan fingerprint density at radius 2 is 1.84 bits per heavy atom. The first-order chi connectivity index (χ1) is 9.33. The lowest BCUT2D eigenvalue weighted by atomic mass is 9.78. The van der Waals surface area contributed by atoms with E-state index in [1.807, 2.05) is 0 Å². The Balaban J connectivity index is 1.73. The van der Waals surface area contributed by atoms with Crippen molar-refractivity contribution in [1.29, 1.82) is 0 Å². The van der Waals surface area contributed by atoms with Crippen molar-refractivity contribution in [2.45, 2.75) is 82.8 Å². The number of piperidine rings is 1. The molecule has 0 spiro atoms. The molecule has 0 aromatic rings. The highest BCUT2D eigenvalue weighted by molar-refractivity contribution is 4.98. The molecule has 0 aromatic carbocycles. The largest absolute Gasteiger partial charge is 0.315 e. The zero-order valence-corrected chi connectivity index (χ0v) is 12.9. The van der Waals surface area contributed by atoms with Gasteiger partial charge in [0, 0.05) is 18.1 Å². The van der Waals surface area contributed by atoms with Crippen LogP contribution in [-0.4, -0.2) is 36.6 Å². The number of likely N-dealkylation sites (tertiary alicyclic amines) is 1. The maximum atomic E-state index is 3.63. The van der Waals surface area contributed by atoms with Crippen molar-refractivity contribution >= 4 is 0 Å². The molecule has 2 nitrogen and oxygen atoms in total. The predicted octanol–water partition coefficient (Wildman–Crippen LogP) is 3.42. The van der Waals surface area contributed by atoms with Crippen LogP contribution in [0.4, 0.5) is 0 Å². The molecular formula is C17H32N2. The second kappa shape index (κ2) is 6.13. The quantitative estimate of drug-likeness (QED) is 0.840. The Hall–Kier alpha value is -0.0800. The topological polar surface area (TPSA) is 15.3 Å². The standard InChI is InChI=1S/C17H32N2/c1-3-13-9-10-15(18-2)17(12-13)19-11-5-7-14-6-4-8-16(14)19/h13-18H,3-12H2,1-2H3. The van der Waals surface area contributed by atoms with Crippen LogP contribution in [0.1, 0.15) is 64.7 Å². The van der Waals surface area contributed by atoms with Gasteiger partial charge >= 0.3 is 0 Å². The average Bonchev–Trinajstić information content (AvgIpc) is 2.94. The Morgan fingerprint density at radius 3 is 2.63 bits per heavy atom. The van der Waals surface area contributed by atoms with Crippen LogP contribution in [0.15, 0.2) is 0 Å². The minimum Gasteiger partial charge on any atom is -0.315 e. The molecule has 0 radical (unpaired) electrons. The van der Waals surface area contributed by atoms with E-state index in [-0.39, 0.29) is 0 Å². The smallest absolute Gasteiger partial charge is 0.0254 e. The summed E-state index contributed by atoms with van der Waals surface area (Å²) in [5.41, 5.74) is 0. The highest BCUT2D eigenvalue weighted by Crippen LogP contribution is 2.41. The molecule has 2 aliphatic carbocycles. The van der Waals surface area contributed by atoms with E-state index in [1.165, 1.54) is 64.3 Å². The summed E-state index contributed by atoms with van der Waals surface area (Å²) in [6.07, 6.45) is 13.1. The first-order valence-electron chi connectivity index (χ1n) is 8.76. The van der Waals surface area contributed by atoms with Gasteiger partial charge in [-0.3, -0.25) is 4.90 Å². The maximum Gasteiger partial charge on any atom is 0.0254 e. The van der Waals surface area contributed by atoms with E-state index in [1.54, 1.807) is 0 Å². The van der Waals surface area contributed by atoms with E-state index in [0.29, 0.717) is 0 Å². The van der Waals surface area contributed by atoms with Crippen molar-refractivity contribution in [2.75, 3.05) is 13.6 Å². The van der Waals surface area contributed by atoms with Crippen molar-refractivity contribution < 1.29 is 0 Å². The summed E-state index contributed by atoms with van der Waals surface area (Å²) in [5.74, 6) is 2.02. The molecule has 3 fully saturated rings. The molecule has 1 saturated heterocycles. The number of nitrogens with one attached hydrogen (secondary N) is 1. The number of likely N-dealkylation sites (N-methyl/N-ethyl adjacent to an activating group) is 1. The summed E-state index contributed by atoms with van der Waals surface area (Å²) in [5, 5.41) is 3.63. The first kappa shape index (κ1) is 13.9. The molecule has 1 N–H and O–H groups in total. The number of hydrogen-bond acceptors (Lipinski definition) is 2. The van der Waals surface area contributed by atoms with Crippen molar-refractivity contribution in [3.8, 4) is 0 Å². The predicted molar refractivity (Wildman–Crippen MR) is 81.3 cm³/mol. The number of fused-ring (bicyclic) bond motifs is 1. The van der Waals surface area contributed by atoms with E-state index in [2.05, 4.69) is 24.2 Å². The fourth-order valence-electron chi connectivity index (χ4n) is 5.21. The zero-order valence-electron chi connectivity index (χ0n) is 12.9. The van der Waals surface area contributed by atoms with Crippen LogP contribution < -0.4 is 5.32 Å². The van der Waals surface area contributed by atoms with Gasteiger partial charge in [-0.05, 0) is 70.4 Å². The SMILES string of the molecule is CCC1CCC(NC)C(N2CCCC3CCCC32)C1. The van der Waals surface area contributed by atoms with Crippen LogP contribution in [-0.2, 0) is 0 Å². The minimum absolute atomic E-state index is 0.752. The van der Waals surface area contributed by atoms with E-state index in [0.717, 1.165) is 30.0 Å². The third-order valence-electron chi connectivity index (χ3n) is 6.34. The van der Waals surface area contributed by atoms with Crippen molar-refractivity contribution in [3.63, 3.8) is 0 Å². The Bertz CT molecular complexity index is 291. The van der Waals surface area contributed by atoms with Crippen LogP contribution in [0, 0.1) is 11.8 Å². The highest BCUT2D eigenvalue weighted by atomic mass is 15.2. The van der Waals surface area contributed by atoms with Crippen LogP contribution in [0.25, 0.3) is 0 Å². The average molecular weight is 264 g/mol. The van der Waals surface area contributed by atoms with Crippen LogP contribution in [0.5, 0.6) is 0 Å². The zero-order chi connectivity index (χ0) is 13.2. The van der Waals surface area contributed by atoms with E-state index < -0.39 is 0 Å². The number of nitrogens with zero attached hydrogens (tertiary/aromatic N) is 1. The number of hydrogen-bond donors (Lipinski definition) is 1. The van der Waals surface area contributed by atoms with E-state index in [4.69, 9.17) is 0 Å². The maximum absolute atomic E-state index is 3.63. The molecule has 0 aromatic heterocycles. The fraction of sp³-hybridized carbons (Fsp3) is 1.00. The summed E-state index contributed by atoms with van der Waals surface area (Å²) < 4.78 is 0. The second-order valence-electron chi connectivity index (χ2n) is 7.19. The van der Waals surface area contributed by atoms with Gasteiger partial charge in [0.1, 0.15) is 0 Å². The van der Waals surface area contributed by atoms with Gasteiger partial charge in [-0.1, -0.05) is 19.8 Å². The third-order valence-corrected chi connectivity index (χ3v) is 6.34. The molecule has 1 aliphatic heterocycles. The summed E-state index contributed by atoms with van der Waals surface area (Å²) >= 11 is 0. The van der Waals surface area contributed by atoms with Gasteiger partial charge in [-0.2, -0.15) is 0 Å². The molecule has 19 heavy (non-hydrogen) atoms. The lowest BCUT2D eigenvalue weighted by Gasteiger charge is -2.48. The normalized spacial score (nSPS) is 44.2. The molecule has 3 rings (SSSR count). The minimum atomic E-state index is 0.752. The van der Waals surface area contributed by atoms with Gasteiger partial charge in [-0.15, -0.1) is 0 Å². The summed E-state index contributed by atoms with van der Waals surface area (Å²) in [6.45, 7) is 3.76. The first-order valence-corrected chi connectivity index (χ1v) is 8.76. The van der Waals surface area contributed by atoms with Gasteiger partial charge in [0.05, 0.1) is 0 Å². The Morgan fingerprint density at radius 1 is 1.00 bits per heavy atom. The van der Waals surface area contributed by atoms with Crippen molar-refractivity contribution in [3.05, 3.63) is 0 Å². The molecule has 110 valence electrons. The molecule has 2 saturated carbocycles. The summed E-state index contributed by atoms with van der Waals surface area (Å²) in [4.78, 5) is 2.95. The number of rotatable bonds is 3. The summed E-state index contributed by atoms with van der Waals surface area (Å²) in [7, 11) is 2.18. The van der Waals surface area contributed by atoms with E-state index in [9.17, 15) is 0 Å². The van der Waals surface area contributed by atoms with Gasteiger partial charge in [0.25, 0.3) is 0 Å². The molecule has 3 aliphatic rings. The van der Waals surface area contributed by atoms with E-state index >= 15 is 0 Å².